The minimum absolute atomic E-state index is 0. The number of fused-ring (bicyclic) bond motifs is 1. The summed E-state index contributed by atoms with van der Waals surface area (Å²) in [6.07, 6.45) is 0.442. The first-order chi connectivity index (χ1) is 9.24. The predicted octanol–water partition coefficient (Wildman–Crippen LogP) is 2.41. The summed E-state index contributed by atoms with van der Waals surface area (Å²) in [5.74, 6) is -0.0262. The van der Waals surface area contributed by atoms with Crippen molar-refractivity contribution in [1.29, 1.82) is 0 Å². The Morgan fingerprint density at radius 2 is 2.25 bits per heavy atom. The molecule has 0 aliphatic carbocycles. The molecule has 1 amide bonds. The van der Waals surface area contributed by atoms with Gasteiger partial charge in [0.15, 0.2) is 5.13 Å². The molecule has 1 aromatic carbocycles. The zero-order chi connectivity index (χ0) is 13.7. The molecule has 2 rings (SSSR count). The van der Waals surface area contributed by atoms with Gasteiger partial charge in [0, 0.05) is 25.6 Å². The van der Waals surface area contributed by atoms with Gasteiger partial charge in [0.05, 0.1) is 16.8 Å². The summed E-state index contributed by atoms with van der Waals surface area (Å²) < 4.78 is 6.20. The third-order valence-electron chi connectivity index (χ3n) is 2.65. The Morgan fingerprint density at radius 3 is 2.95 bits per heavy atom. The smallest absolute Gasteiger partial charge is 0.227 e. The molecule has 7 heteroatoms. The molecule has 0 fully saturated rings. The number of hydrogen-bond donors (Lipinski definition) is 2. The van der Waals surface area contributed by atoms with Crippen molar-refractivity contribution in [2.75, 3.05) is 26.0 Å². The number of carbonyl (C=O) groups is 1. The second-order valence-electron chi connectivity index (χ2n) is 4.12. The van der Waals surface area contributed by atoms with Gasteiger partial charge in [-0.25, -0.2) is 4.98 Å². The highest BCUT2D eigenvalue weighted by Gasteiger charge is 2.10. The van der Waals surface area contributed by atoms with Gasteiger partial charge in [0.2, 0.25) is 5.91 Å². The van der Waals surface area contributed by atoms with Gasteiger partial charge in [-0.2, -0.15) is 0 Å². The van der Waals surface area contributed by atoms with Crippen molar-refractivity contribution in [3.05, 3.63) is 23.8 Å². The lowest BCUT2D eigenvalue weighted by atomic mass is 10.2. The van der Waals surface area contributed by atoms with Gasteiger partial charge in [0.25, 0.3) is 0 Å². The van der Waals surface area contributed by atoms with E-state index in [0.29, 0.717) is 24.7 Å². The minimum atomic E-state index is -0.0262. The number of thiazole rings is 1. The van der Waals surface area contributed by atoms with E-state index < -0.39 is 0 Å². The molecule has 5 nitrogen and oxygen atoms in total. The zero-order valence-corrected chi connectivity index (χ0v) is 13.1. The van der Waals surface area contributed by atoms with Crippen LogP contribution in [0, 0.1) is 0 Å². The van der Waals surface area contributed by atoms with E-state index >= 15 is 0 Å². The molecule has 0 aliphatic heterocycles. The predicted molar refractivity (Wildman–Crippen MR) is 84.8 cm³/mol. The minimum Gasteiger partial charge on any atom is -0.380 e. The van der Waals surface area contributed by atoms with Crippen LogP contribution in [0.5, 0.6) is 0 Å². The average molecular weight is 316 g/mol. The van der Waals surface area contributed by atoms with Gasteiger partial charge in [-0.3, -0.25) is 4.79 Å². The lowest BCUT2D eigenvalue weighted by Gasteiger charge is -2.00. The first-order valence-electron chi connectivity index (χ1n) is 6.06. The summed E-state index contributed by atoms with van der Waals surface area (Å²) in [6, 6.07) is 5.95. The fourth-order valence-corrected chi connectivity index (χ4v) is 2.68. The molecule has 0 radical (unpaired) electrons. The molecule has 20 heavy (non-hydrogen) atoms. The second-order valence-corrected chi connectivity index (χ2v) is 5.15. The number of nitrogens with zero attached hydrogens (tertiary/aromatic N) is 1. The molecule has 2 N–H and O–H groups in total. The Balaban J connectivity index is 0.00000200. The van der Waals surface area contributed by atoms with Gasteiger partial charge in [-0.15, -0.1) is 12.4 Å². The van der Waals surface area contributed by atoms with Crippen LogP contribution in [0.1, 0.15) is 12.0 Å². The molecular weight excluding hydrogens is 298 g/mol. The maximum absolute atomic E-state index is 11.6. The maximum Gasteiger partial charge on any atom is 0.227 e. The molecule has 0 unspecified atom stereocenters. The number of para-hydroxylation sites is 1. The third kappa shape index (κ3) is 4.14. The van der Waals surface area contributed by atoms with E-state index in [0.717, 1.165) is 15.8 Å². The van der Waals surface area contributed by atoms with Crippen molar-refractivity contribution in [2.45, 2.75) is 13.0 Å². The molecular formula is C13H18ClN3O2S. The summed E-state index contributed by atoms with van der Waals surface area (Å²) in [5, 5.41) is 6.40. The fraction of sp³-hybridized carbons (Fsp3) is 0.385. The molecule has 0 bridgehead atoms. The summed E-state index contributed by atoms with van der Waals surface area (Å²) in [4.78, 5) is 16.1. The number of amides is 1. The van der Waals surface area contributed by atoms with Gasteiger partial charge in [0.1, 0.15) is 0 Å². The van der Waals surface area contributed by atoms with Gasteiger partial charge < -0.3 is 15.4 Å². The lowest BCUT2D eigenvalue weighted by Crippen LogP contribution is -2.18. The highest BCUT2D eigenvalue weighted by atomic mass is 35.5. The Hall–Kier alpha value is -1.21. The topological polar surface area (TPSA) is 63.2 Å². The van der Waals surface area contributed by atoms with Crippen LogP contribution in [0.25, 0.3) is 10.2 Å². The molecule has 0 saturated carbocycles. The highest BCUT2D eigenvalue weighted by Crippen LogP contribution is 2.28. The van der Waals surface area contributed by atoms with E-state index in [-0.39, 0.29) is 18.3 Å². The van der Waals surface area contributed by atoms with Crippen molar-refractivity contribution in [1.82, 2.24) is 10.3 Å². The number of anilines is 1. The summed E-state index contributed by atoms with van der Waals surface area (Å²) in [5.41, 5.74) is 1.94. The third-order valence-corrected chi connectivity index (χ3v) is 3.59. The summed E-state index contributed by atoms with van der Waals surface area (Å²) in [7, 11) is 3.48. The number of hydrogen-bond acceptors (Lipinski definition) is 5. The van der Waals surface area contributed by atoms with Crippen molar-refractivity contribution in [3.8, 4) is 0 Å². The van der Waals surface area contributed by atoms with Gasteiger partial charge in [-0.05, 0) is 13.1 Å². The first kappa shape index (κ1) is 16.8. The van der Waals surface area contributed by atoms with Crippen LogP contribution in [0.4, 0.5) is 5.13 Å². The number of ether oxygens (including phenoxy) is 1. The standard InChI is InChI=1S/C13H17N3O2S.ClH/c1-14-7-6-11(17)15-13-16-12-9(8-18-2)4-3-5-10(12)19-13;/h3-5,14H,6-8H2,1-2H3,(H,15,16,17);1H. The number of rotatable bonds is 6. The Morgan fingerprint density at radius 1 is 1.45 bits per heavy atom. The molecule has 2 aromatic rings. The van der Waals surface area contributed by atoms with Crippen LogP contribution in [-0.2, 0) is 16.1 Å². The molecule has 110 valence electrons. The normalized spacial score (nSPS) is 10.3. The van der Waals surface area contributed by atoms with E-state index in [4.69, 9.17) is 4.74 Å². The second kappa shape index (κ2) is 8.16. The number of nitrogens with one attached hydrogen (secondary N) is 2. The number of carbonyl (C=O) groups excluding carboxylic acids is 1. The Labute approximate surface area is 128 Å². The van der Waals surface area contributed by atoms with Crippen molar-refractivity contribution >= 4 is 45.0 Å². The first-order valence-corrected chi connectivity index (χ1v) is 6.88. The van der Waals surface area contributed by atoms with Gasteiger partial charge in [-0.1, -0.05) is 23.5 Å². The van der Waals surface area contributed by atoms with Crippen LogP contribution < -0.4 is 10.6 Å². The van der Waals surface area contributed by atoms with E-state index in [1.54, 1.807) is 7.11 Å². The molecule has 0 atom stereocenters. The van der Waals surface area contributed by atoms with Crippen LogP contribution in [-0.4, -0.2) is 31.6 Å². The van der Waals surface area contributed by atoms with Crippen LogP contribution in [0.3, 0.4) is 0 Å². The molecule has 0 spiro atoms. The van der Waals surface area contributed by atoms with Crippen LogP contribution >= 0.6 is 23.7 Å². The average Bonchev–Trinajstić information content (AvgIpc) is 2.80. The lowest BCUT2D eigenvalue weighted by molar-refractivity contribution is -0.116. The Kier molecular flexibility index (Phi) is 6.87. The highest BCUT2D eigenvalue weighted by molar-refractivity contribution is 7.22. The summed E-state index contributed by atoms with van der Waals surface area (Å²) >= 11 is 1.48. The monoisotopic (exact) mass is 315 g/mol. The molecule has 0 aliphatic rings. The van der Waals surface area contributed by atoms with Crippen molar-refractivity contribution in [2.24, 2.45) is 0 Å². The number of halogens is 1. The molecule has 0 saturated heterocycles. The molecule has 1 aromatic heterocycles. The van der Waals surface area contributed by atoms with Crippen LogP contribution in [0.2, 0.25) is 0 Å². The quantitative estimate of drug-likeness (QED) is 0.859. The largest absolute Gasteiger partial charge is 0.380 e. The Bertz CT molecular complexity index is 574. The fourth-order valence-electron chi connectivity index (χ4n) is 1.75. The van der Waals surface area contributed by atoms with Gasteiger partial charge >= 0.3 is 0 Å². The number of aromatic nitrogens is 1. The van der Waals surface area contributed by atoms with E-state index in [2.05, 4.69) is 15.6 Å². The van der Waals surface area contributed by atoms with E-state index in [9.17, 15) is 4.79 Å². The zero-order valence-electron chi connectivity index (χ0n) is 11.4. The van der Waals surface area contributed by atoms with Crippen molar-refractivity contribution < 1.29 is 9.53 Å². The SMILES string of the molecule is CNCCC(=O)Nc1nc2c(COC)cccc2s1.Cl. The van der Waals surface area contributed by atoms with Crippen molar-refractivity contribution in [3.63, 3.8) is 0 Å². The number of methoxy groups -OCH3 is 1. The summed E-state index contributed by atoms with van der Waals surface area (Å²) in [6.45, 7) is 1.18. The van der Waals surface area contributed by atoms with E-state index in [1.165, 1.54) is 11.3 Å². The van der Waals surface area contributed by atoms with Crippen LogP contribution in [0.15, 0.2) is 18.2 Å². The van der Waals surface area contributed by atoms with E-state index in [1.807, 2.05) is 25.2 Å². The number of benzene rings is 1. The maximum atomic E-state index is 11.6. The molecule has 1 heterocycles.